The van der Waals surface area contributed by atoms with Gasteiger partial charge in [-0.2, -0.15) is 0 Å². The van der Waals surface area contributed by atoms with Crippen LogP contribution < -0.4 is 10.5 Å². The van der Waals surface area contributed by atoms with E-state index in [0.717, 1.165) is 12.8 Å². The molecular weight excluding hydrogens is 217 g/mol. The second-order valence-electron chi connectivity index (χ2n) is 4.47. The number of halogens is 1. The highest BCUT2D eigenvalue weighted by molar-refractivity contribution is 5.30. The molecule has 0 saturated heterocycles. The summed E-state index contributed by atoms with van der Waals surface area (Å²) in [6.07, 6.45) is 2.16. The SMILES string of the molecule is CCC(CC)COc1ccc([C@H](C)N)c(F)c1. The van der Waals surface area contributed by atoms with Gasteiger partial charge < -0.3 is 10.5 Å². The maximum Gasteiger partial charge on any atom is 0.131 e. The minimum Gasteiger partial charge on any atom is -0.493 e. The Hall–Kier alpha value is -1.09. The summed E-state index contributed by atoms with van der Waals surface area (Å²) in [5, 5.41) is 0. The largest absolute Gasteiger partial charge is 0.493 e. The van der Waals surface area contributed by atoms with Gasteiger partial charge in [-0.15, -0.1) is 0 Å². The van der Waals surface area contributed by atoms with Crippen molar-refractivity contribution in [3.63, 3.8) is 0 Å². The van der Waals surface area contributed by atoms with Crippen LogP contribution in [-0.2, 0) is 0 Å². The Morgan fingerprint density at radius 3 is 2.41 bits per heavy atom. The van der Waals surface area contributed by atoms with Crippen molar-refractivity contribution in [3.05, 3.63) is 29.6 Å². The van der Waals surface area contributed by atoms with Crippen LogP contribution in [0.3, 0.4) is 0 Å². The molecule has 2 N–H and O–H groups in total. The third-order valence-electron chi connectivity index (χ3n) is 3.10. The van der Waals surface area contributed by atoms with Crippen LogP contribution in [0.15, 0.2) is 18.2 Å². The van der Waals surface area contributed by atoms with Crippen molar-refractivity contribution in [2.45, 2.75) is 39.7 Å². The number of hydrogen-bond acceptors (Lipinski definition) is 2. The predicted molar refractivity (Wildman–Crippen MR) is 68.6 cm³/mol. The van der Waals surface area contributed by atoms with Gasteiger partial charge in [-0.1, -0.05) is 32.8 Å². The Labute approximate surface area is 103 Å². The summed E-state index contributed by atoms with van der Waals surface area (Å²) < 4.78 is 19.2. The fourth-order valence-corrected chi connectivity index (χ4v) is 1.71. The van der Waals surface area contributed by atoms with E-state index in [9.17, 15) is 4.39 Å². The summed E-state index contributed by atoms with van der Waals surface area (Å²) >= 11 is 0. The third kappa shape index (κ3) is 4.00. The lowest BCUT2D eigenvalue weighted by Gasteiger charge is -2.15. The fourth-order valence-electron chi connectivity index (χ4n) is 1.71. The van der Waals surface area contributed by atoms with Gasteiger partial charge in [0.2, 0.25) is 0 Å². The molecule has 0 fully saturated rings. The molecule has 0 heterocycles. The lowest BCUT2D eigenvalue weighted by atomic mass is 10.1. The van der Waals surface area contributed by atoms with Crippen LogP contribution in [0.4, 0.5) is 4.39 Å². The van der Waals surface area contributed by atoms with Gasteiger partial charge in [-0.3, -0.25) is 0 Å². The molecule has 0 bridgehead atoms. The molecule has 96 valence electrons. The molecule has 1 rings (SSSR count). The predicted octanol–water partition coefficient (Wildman–Crippen LogP) is 3.66. The molecule has 1 aromatic rings. The zero-order valence-corrected chi connectivity index (χ0v) is 10.9. The van der Waals surface area contributed by atoms with Crippen LogP contribution in [-0.4, -0.2) is 6.61 Å². The molecule has 0 saturated carbocycles. The van der Waals surface area contributed by atoms with Crippen LogP contribution >= 0.6 is 0 Å². The van der Waals surface area contributed by atoms with E-state index < -0.39 is 0 Å². The summed E-state index contributed by atoms with van der Waals surface area (Å²) in [5.41, 5.74) is 6.18. The molecule has 17 heavy (non-hydrogen) atoms. The first-order valence-electron chi connectivity index (χ1n) is 6.26. The second kappa shape index (κ2) is 6.60. The van der Waals surface area contributed by atoms with Crippen LogP contribution in [0.25, 0.3) is 0 Å². The standard InChI is InChI=1S/C14H22FNO/c1-4-11(5-2)9-17-12-6-7-13(10(3)16)14(15)8-12/h6-8,10-11H,4-5,9,16H2,1-3H3/t10-/m0/s1. The van der Waals surface area contributed by atoms with E-state index >= 15 is 0 Å². The molecular formula is C14H22FNO. The van der Waals surface area contributed by atoms with E-state index in [-0.39, 0.29) is 11.9 Å². The van der Waals surface area contributed by atoms with Gasteiger partial charge in [-0.25, -0.2) is 4.39 Å². The monoisotopic (exact) mass is 239 g/mol. The highest BCUT2D eigenvalue weighted by atomic mass is 19.1. The quantitative estimate of drug-likeness (QED) is 0.822. The number of benzene rings is 1. The van der Waals surface area contributed by atoms with Crippen molar-refractivity contribution in [1.82, 2.24) is 0 Å². The molecule has 0 amide bonds. The maximum atomic E-state index is 13.6. The Balaban J connectivity index is 2.64. The van der Waals surface area contributed by atoms with Gasteiger partial charge >= 0.3 is 0 Å². The molecule has 3 heteroatoms. The van der Waals surface area contributed by atoms with E-state index in [1.54, 1.807) is 19.1 Å². The second-order valence-corrected chi connectivity index (χ2v) is 4.47. The lowest BCUT2D eigenvalue weighted by Crippen LogP contribution is -2.11. The smallest absolute Gasteiger partial charge is 0.131 e. The van der Waals surface area contributed by atoms with E-state index in [1.807, 2.05) is 0 Å². The molecule has 0 unspecified atom stereocenters. The highest BCUT2D eigenvalue weighted by Crippen LogP contribution is 2.21. The van der Waals surface area contributed by atoms with E-state index in [2.05, 4.69) is 13.8 Å². The van der Waals surface area contributed by atoms with E-state index in [4.69, 9.17) is 10.5 Å². The Morgan fingerprint density at radius 2 is 1.94 bits per heavy atom. The maximum absolute atomic E-state index is 13.6. The van der Waals surface area contributed by atoms with Crippen molar-refractivity contribution in [1.29, 1.82) is 0 Å². The average molecular weight is 239 g/mol. The minimum atomic E-state index is -0.290. The van der Waals surface area contributed by atoms with Gasteiger partial charge in [0.1, 0.15) is 11.6 Å². The molecule has 0 radical (unpaired) electrons. The first-order valence-corrected chi connectivity index (χ1v) is 6.26. The van der Waals surface area contributed by atoms with Crippen LogP contribution in [0, 0.1) is 11.7 Å². The van der Waals surface area contributed by atoms with Gasteiger partial charge in [0.05, 0.1) is 6.61 Å². The first kappa shape index (κ1) is 14.0. The third-order valence-corrected chi connectivity index (χ3v) is 3.10. The van der Waals surface area contributed by atoms with Crippen LogP contribution in [0.1, 0.15) is 45.2 Å². The van der Waals surface area contributed by atoms with Gasteiger partial charge in [0.15, 0.2) is 0 Å². The van der Waals surface area contributed by atoms with E-state index in [1.165, 1.54) is 6.07 Å². The molecule has 0 aliphatic carbocycles. The Bertz CT molecular complexity index is 348. The molecule has 0 aromatic heterocycles. The number of nitrogens with two attached hydrogens (primary N) is 1. The zero-order chi connectivity index (χ0) is 12.8. The molecule has 0 aliphatic heterocycles. The summed E-state index contributed by atoms with van der Waals surface area (Å²) in [5.74, 6) is 0.826. The number of rotatable bonds is 6. The molecule has 0 aliphatic rings. The van der Waals surface area contributed by atoms with Crippen LogP contribution in [0.5, 0.6) is 5.75 Å². The molecule has 1 atom stereocenters. The topological polar surface area (TPSA) is 35.2 Å². The normalized spacial score (nSPS) is 12.8. The molecule has 1 aromatic carbocycles. The number of ether oxygens (including phenoxy) is 1. The average Bonchev–Trinajstić information content (AvgIpc) is 2.30. The summed E-state index contributed by atoms with van der Waals surface area (Å²) in [6, 6.07) is 4.61. The van der Waals surface area contributed by atoms with Crippen molar-refractivity contribution in [2.75, 3.05) is 6.61 Å². The van der Waals surface area contributed by atoms with Gasteiger partial charge in [-0.05, 0) is 18.9 Å². The number of hydrogen-bond donors (Lipinski definition) is 1. The Morgan fingerprint density at radius 1 is 1.29 bits per heavy atom. The van der Waals surface area contributed by atoms with Crippen molar-refractivity contribution < 1.29 is 9.13 Å². The lowest BCUT2D eigenvalue weighted by molar-refractivity contribution is 0.239. The zero-order valence-electron chi connectivity index (χ0n) is 10.9. The summed E-state index contributed by atoms with van der Waals surface area (Å²) in [4.78, 5) is 0. The fraction of sp³-hybridized carbons (Fsp3) is 0.571. The molecule has 2 nitrogen and oxygen atoms in total. The molecule has 0 spiro atoms. The van der Waals surface area contributed by atoms with Crippen molar-refractivity contribution >= 4 is 0 Å². The van der Waals surface area contributed by atoms with E-state index in [0.29, 0.717) is 23.8 Å². The van der Waals surface area contributed by atoms with Crippen LogP contribution in [0.2, 0.25) is 0 Å². The van der Waals surface area contributed by atoms with Crippen molar-refractivity contribution in [2.24, 2.45) is 11.7 Å². The Kier molecular flexibility index (Phi) is 5.42. The summed E-state index contributed by atoms with van der Waals surface area (Å²) in [6.45, 7) is 6.68. The first-order chi connectivity index (χ1) is 8.08. The van der Waals surface area contributed by atoms with Crippen molar-refractivity contribution in [3.8, 4) is 5.75 Å². The summed E-state index contributed by atoms with van der Waals surface area (Å²) in [7, 11) is 0. The van der Waals surface area contributed by atoms with Gasteiger partial charge in [0, 0.05) is 17.7 Å². The minimum absolute atomic E-state index is 0.289. The van der Waals surface area contributed by atoms with Gasteiger partial charge in [0.25, 0.3) is 0 Å². The highest BCUT2D eigenvalue weighted by Gasteiger charge is 2.09.